The van der Waals surface area contributed by atoms with Gasteiger partial charge in [0.1, 0.15) is 11.6 Å². The predicted molar refractivity (Wildman–Crippen MR) is 143 cm³/mol. The number of nitrogens with zero attached hydrogens (tertiary/aromatic N) is 2. The first-order valence-electron chi connectivity index (χ1n) is 12.3. The van der Waals surface area contributed by atoms with Crippen LogP contribution >= 0.6 is 0 Å². The Labute approximate surface area is 219 Å². The van der Waals surface area contributed by atoms with Crippen molar-refractivity contribution in [3.05, 3.63) is 65.9 Å². The SMILES string of the molecule is CNC(=O)c1ccccc1Nc1cc(Nc2ccc(N3CCC(NC)CC3)cc2OC)ncc1C(F)(F)F. The zero-order valence-electron chi connectivity index (χ0n) is 21.4. The highest BCUT2D eigenvalue weighted by Gasteiger charge is 2.34. The number of para-hydroxylation sites is 1. The third-order valence-corrected chi connectivity index (χ3v) is 6.59. The minimum Gasteiger partial charge on any atom is -0.494 e. The molecule has 1 fully saturated rings. The van der Waals surface area contributed by atoms with Gasteiger partial charge in [0.15, 0.2) is 0 Å². The Balaban J connectivity index is 1.62. The second-order valence-corrected chi connectivity index (χ2v) is 8.92. The fraction of sp³-hybridized carbons (Fsp3) is 0.333. The fourth-order valence-corrected chi connectivity index (χ4v) is 4.47. The van der Waals surface area contributed by atoms with Gasteiger partial charge in [-0.3, -0.25) is 4.79 Å². The zero-order chi connectivity index (χ0) is 27.3. The monoisotopic (exact) mass is 528 g/mol. The molecule has 0 bridgehead atoms. The number of piperidine rings is 1. The zero-order valence-corrected chi connectivity index (χ0v) is 21.4. The molecule has 3 aromatic rings. The van der Waals surface area contributed by atoms with Gasteiger partial charge in [-0.05, 0) is 44.2 Å². The van der Waals surface area contributed by atoms with E-state index in [1.807, 2.05) is 25.2 Å². The maximum absolute atomic E-state index is 13.8. The minimum absolute atomic E-state index is 0.179. The lowest BCUT2D eigenvalue weighted by Crippen LogP contribution is -2.41. The molecule has 1 aliphatic heterocycles. The number of hydrogen-bond donors (Lipinski definition) is 4. The Bertz CT molecular complexity index is 1280. The quantitative estimate of drug-likeness (QED) is 0.322. The first-order valence-corrected chi connectivity index (χ1v) is 12.3. The summed E-state index contributed by atoms with van der Waals surface area (Å²) in [7, 11) is 4.97. The van der Waals surface area contributed by atoms with Gasteiger partial charge in [-0.15, -0.1) is 0 Å². The van der Waals surface area contributed by atoms with Gasteiger partial charge in [-0.25, -0.2) is 4.98 Å². The molecule has 4 N–H and O–H groups in total. The first kappa shape index (κ1) is 27.1. The highest BCUT2D eigenvalue weighted by Crippen LogP contribution is 2.39. The van der Waals surface area contributed by atoms with Crippen molar-refractivity contribution >= 4 is 34.5 Å². The lowest BCUT2D eigenvalue weighted by molar-refractivity contribution is -0.137. The van der Waals surface area contributed by atoms with Gasteiger partial charge in [0.25, 0.3) is 5.91 Å². The van der Waals surface area contributed by atoms with Crippen molar-refractivity contribution in [3.8, 4) is 5.75 Å². The number of amides is 1. The van der Waals surface area contributed by atoms with Gasteiger partial charge in [0, 0.05) is 50.2 Å². The Morgan fingerprint density at radius 2 is 1.74 bits per heavy atom. The molecule has 0 atom stereocenters. The summed E-state index contributed by atoms with van der Waals surface area (Å²) in [5.41, 5.74) is 0.821. The second kappa shape index (κ2) is 11.6. The summed E-state index contributed by atoms with van der Waals surface area (Å²) in [5, 5.41) is 11.7. The lowest BCUT2D eigenvalue weighted by atomic mass is 10.0. The van der Waals surface area contributed by atoms with Crippen LogP contribution in [-0.4, -0.2) is 51.2 Å². The number of rotatable bonds is 8. The summed E-state index contributed by atoms with van der Waals surface area (Å²) in [6.07, 6.45) is -1.82. The third-order valence-electron chi connectivity index (χ3n) is 6.59. The van der Waals surface area contributed by atoms with Gasteiger partial charge in [0.2, 0.25) is 0 Å². The Kier molecular flexibility index (Phi) is 8.26. The summed E-state index contributed by atoms with van der Waals surface area (Å²) in [6.45, 7) is 1.82. The van der Waals surface area contributed by atoms with Crippen LogP contribution in [0.15, 0.2) is 54.7 Å². The molecular weight excluding hydrogens is 497 g/mol. The van der Waals surface area contributed by atoms with E-state index in [0.29, 0.717) is 17.5 Å². The number of hydrogen-bond acceptors (Lipinski definition) is 7. The molecule has 38 heavy (non-hydrogen) atoms. The van der Waals surface area contributed by atoms with Crippen LogP contribution in [0.4, 0.5) is 41.7 Å². The Hall–Kier alpha value is -3.99. The number of benzene rings is 2. The van der Waals surface area contributed by atoms with Crippen molar-refractivity contribution in [2.45, 2.75) is 25.1 Å². The molecule has 0 unspecified atom stereocenters. The van der Waals surface area contributed by atoms with E-state index in [-0.39, 0.29) is 22.8 Å². The van der Waals surface area contributed by atoms with Crippen LogP contribution in [0.1, 0.15) is 28.8 Å². The van der Waals surface area contributed by atoms with Crippen LogP contribution in [0.25, 0.3) is 0 Å². The van der Waals surface area contributed by atoms with E-state index in [0.717, 1.165) is 37.8 Å². The van der Waals surface area contributed by atoms with Gasteiger partial charge in [-0.2, -0.15) is 13.2 Å². The van der Waals surface area contributed by atoms with E-state index in [2.05, 4.69) is 31.2 Å². The average Bonchev–Trinajstić information content (AvgIpc) is 2.92. The molecule has 2 heterocycles. The van der Waals surface area contributed by atoms with E-state index in [1.54, 1.807) is 25.3 Å². The van der Waals surface area contributed by atoms with E-state index >= 15 is 0 Å². The number of ether oxygens (including phenoxy) is 1. The summed E-state index contributed by atoms with van der Waals surface area (Å²) in [5.74, 6) is 0.298. The number of carbonyl (C=O) groups is 1. The predicted octanol–water partition coefficient (Wildman–Crippen LogP) is 5.14. The standard InChI is InChI=1S/C27H31F3N6O2/c1-31-17-10-12-36(13-11-17)18-8-9-22(24(14-18)38-3)35-25-15-23(20(16-33-25)27(28,29)30)34-21-7-5-4-6-19(21)26(37)32-2/h4-9,14-17,31H,10-13H2,1-3H3,(H,32,37)(H2,33,34,35). The molecule has 4 rings (SSSR count). The number of aromatic nitrogens is 1. The summed E-state index contributed by atoms with van der Waals surface area (Å²) >= 11 is 0. The molecule has 2 aromatic carbocycles. The van der Waals surface area contributed by atoms with Crippen LogP contribution in [0.3, 0.4) is 0 Å². The topological polar surface area (TPSA) is 90.6 Å². The average molecular weight is 529 g/mol. The number of pyridine rings is 1. The van der Waals surface area contributed by atoms with Gasteiger partial charge >= 0.3 is 6.18 Å². The lowest BCUT2D eigenvalue weighted by Gasteiger charge is -2.33. The summed E-state index contributed by atoms with van der Waals surface area (Å²) < 4.78 is 47.0. The molecule has 1 saturated heterocycles. The van der Waals surface area contributed by atoms with Crippen molar-refractivity contribution in [2.75, 3.05) is 49.8 Å². The molecule has 0 saturated carbocycles. The maximum Gasteiger partial charge on any atom is 0.419 e. The molecule has 1 aromatic heterocycles. The number of alkyl halides is 3. The molecule has 8 nitrogen and oxygen atoms in total. The van der Waals surface area contributed by atoms with Crippen molar-refractivity contribution in [1.82, 2.24) is 15.6 Å². The number of anilines is 5. The van der Waals surface area contributed by atoms with Gasteiger partial charge in [0.05, 0.1) is 35.3 Å². The smallest absolute Gasteiger partial charge is 0.419 e. The molecule has 11 heteroatoms. The molecule has 0 spiro atoms. The highest BCUT2D eigenvalue weighted by molar-refractivity contribution is 6.00. The van der Waals surface area contributed by atoms with Crippen LogP contribution in [-0.2, 0) is 6.18 Å². The fourth-order valence-electron chi connectivity index (χ4n) is 4.47. The van der Waals surface area contributed by atoms with Gasteiger partial charge in [-0.1, -0.05) is 12.1 Å². The minimum atomic E-state index is -4.66. The normalized spacial score (nSPS) is 14.2. The van der Waals surface area contributed by atoms with E-state index in [4.69, 9.17) is 4.74 Å². The maximum atomic E-state index is 13.8. The van der Waals surface area contributed by atoms with Crippen LogP contribution in [0.2, 0.25) is 0 Å². The van der Waals surface area contributed by atoms with Crippen molar-refractivity contribution in [1.29, 1.82) is 0 Å². The van der Waals surface area contributed by atoms with Gasteiger partial charge < -0.3 is 30.9 Å². The van der Waals surface area contributed by atoms with Crippen molar-refractivity contribution < 1.29 is 22.7 Å². The van der Waals surface area contributed by atoms with Crippen LogP contribution in [0.5, 0.6) is 5.75 Å². The molecular formula is C27H31F3N6O2. The number of carbonyl (C=O) groups excluding carboxylic acids is 1. The largest absolute Gasteiger partial charge is 0.494 e. The Morgan fingerprint density at radius 3 is 2.39 bits per heavy atom. The first-order chi connectivity index (χ1) is 18.2. The number of halogens is 3. The van der Waals surface area contributed by atoms with E-state index < -0.39 is 17.6 Å². The number of methoxy groups -OCH3 is 1. The van der Waals surface area contributed by atoms with Crippen molar-refractivity contribution in [2.24, 2.45) is 0 Å². The highest BCUT2D eigenvalue weighted by atomic mass is 19.4. The summed E-state index contributed by atoms with van der Waals surface area (Å²) in [4.78, 5) is 18.5. The molecule has 202 valence electrons. The molecule has 1 amide bonds. The Morgan fingerprint density at radius 1 is 1.00 bits per heavy atom. The molecule has 0 radical (unpaired) electrons. The molecule has 1 aliphatic rings. The number of nitrogens with one attached hydrogen (secondary N) is 4. The third kappa shape index (κ3) is 6.10. The van der Waals surface area contributed by atoms with Crippen LogP contribution in [0, 0.1) is 0 Å². The summed E-state index contributed by atoms with van der Waals surface area (Å²) in [6, 6.07) is 13.8. The second-order valence-electron chi connectivity index (χ2n) is 8.92. The van der Waals surface area contributed by atoms with Crippen molar-refractivity contribution in [3.63, 3.8) is 0 Å². The van der Waals surface area contributed by atoms with E-state index in [9.17, 15) is 18.0 Å². The molecule has 0 aliphatic carbocycles. The van der Waals surface area contributed by atoms with E-state index in [1.165, 1.54) is 19.2 Å². The van der Waals surface area contributed by atoms with Crippen LogP contribution < -0.4 is 30.9 Å².